The van der Waals surface area contributed by atoms with Crippen LogP contribution in [-0.2, 0) is 6.54 Å². The van der Waals surface area contributed by atoms with Gasteiger partial charge in [0.2, 0.25) is 0 Å². The van der Waals surface area contributed by atoms with Crippen molar-refractivity contribution in [1.29, 1.82) is 0 Å². The van der Waals surface area contributed by atoms with Crippen LogP contribution in [0.4, 0.5) is 4.39 Å². The van der Waals surface area contributed by atoms with Crippen molar-refractivity contribution < 1.29 is 14.2 Å². The highest BCUT2D eigenvalue weighted by Crippen LogP contribution is 2.35. The van der Waals surface area contributed by atoms with E-state index in [2.05, 4.69) is 5.32 Å². The molecule has 3 nitrogen and oxygen atoms in total. The van der Waals surface area contributed by atoms with E-state index in [0.29, 0.717) is 24.3 Å². The fourth-order valence-electron chi connectivity index (χ4n) is 2.75. The topological polar surface area (TPSA) is 41.5 Å². The van der Waals surface area contributed by atoms with Gasteiger partial charge in [-0.2, -0.15) is 0 Å². The van der Waals surface area contributed by atoms with Gasteiger partial charge in [-0.3, -0.25) is 0 Å². The molecule has 2 aromatic carbocycles. The Labute approximate surface area is 123 Å². The summed E-state index contributed by atoms with van der Waals surface area (Å²) in [7, 11) is 0. The first-order valence-corrected chi connectivity index (χ1v) is 6.99. The van der Waals surface area contributed by atoms with E-state index in [1.54, 1.807) is 26.0 Å². The Morgan fingerprint density at radius 3 is 2.67 bits per heavy atom. The molecule has 0 amide bonds. The average Bonchev–Trinajstić information content (AvgIpc) is 2.84. The number of phenols is 1. The summed E-state index contributed by atoms with van der Waals surface area (Å²) < 4.78 is 19.2. The largest absolute Gasteiger partial charge is 0.508 e. The zero-order valence-corrected chi connectivity index (χ0v) is 12.1. The Bertz CT molecular complexity index is 661. The van der Waals surface area contributed by atoms with Crippen molar-refractivity contribution in [2.24, 2.45) is 0 Å². The van der Waals surface area contributed by atoms with E-state index in [0.717, 1.165) is 16.9 Å². The van der Waals surface area contributed by atoms with Gasteiger partial charge in [-0.25, -0.2) is 4.39 Å². The van der Waals surface area contributed by atoms with Gasteiger partial charge in [0.05, 0.1) is 6.04 Å². The van der Waals surface area contributed by atoms with Gasteiger partial charge < -0.3 is 15.2 Å². The molecule has 2 aromatic rings. The van der Waals surface area contributed by atoms with Gasteiger partial charge in [0, 0.05) is 18.2 Å². The van der Waals surface area contributed by atoms with Crippen LogP contribution in [0.15, 0.2) is 30.3 Å². The van der Waals surface area contributed by atoms with Crippen LogP contribution < -0.4 is 10.1 Å². The highest BCUT2D eigenvalue weighted by Gasteiger charge is 2.23. The molecule has 110 valence electrons. The lowest BCUT2D eigenvalue weighted by Crippen LogP contribution is -2.22. The fraction of sp³-hybridized carbons (Fsp3) is 0.294. The summed E-state index contributed by atoms with van der Waals surface area (Å²) in [6.45, 7) is 4.75. The number of aryl methyl sites for hydroxylation is 2. The summed E-state index contributed by atoms with van der Waals surface area (Å²) in [5.74, 6) is 0.793. The lowest BCUT2D eigenvalue weighted by atomic mass is 10.0. The summed E-state index contributed by atoms with van der Waals surface area (Å²) in [4.78, 5) is 0. The number of ether oxygens (including phenoxy) is 1. The minimum absolute atomic E-state index is 0.0891. The highest BCUT2D eigenvalue weighted by molar-refractivity contribution is 5.44. The quantitative estimate of drug-likeness (QED) is 0.909. The van der Waals surface area contributed by atoms with Gasteiger partial charge in [-0.05, 0) is 42.7 Å². The molecule has 1 aliphatic heterocycles. The summed E-state index contributed by atoms with van der Waals surface area (Å²) in [6.07, 6.45) is 0. The molecule has 0 radical (unpaired) electrons. The molecule has 1 aliphatic rings. The van der Waals surface area contributed by atoms with E-state index in [9.17, 15) is 9.50 Å². The molecule has 0 saturated carbocycles. The molecule has 3 rings (SSSR count). The van der Waals surface area contributed by atoms with E-state index in [1.807, 2.05) is 18.2 Å². The maximum absolute atomic E-state index is 13.6. The second-order valence-corrected chi connectivity index (χ2v) is 5.51. The number of phenolic OH excluding ortho intramolecular Hbond substituents is 1. The molecule has 0 aliphatic carbocycles. The van der Waals surface area contributed by atoms with Crippen molar-refractivity contribution in [3.8, 4) is 11.5 Å². The number of nitrogens with one attached hydrogen (secondary N) is 1. The van der Waals surface area contributed by atoms with Crippen LogP contribution in [-0.4, -0.2) is 11.7 Å². The van der Waals surface area contributed by atoms with Gasteiger partial charge in [-0.15, -0.1) is 0 Å². The minimum atomic E-state index is -0.135. The Morgan fingerprint density at radius 1 is 1.24 bits per heavy atom. The first kappa shape index (κ1) is 13.9. The number of benzene rings is 2. The summed E-state index contributed by atoms with van der Waals surface area (Å²) in [6, 6.07) is 8.98. The minimum Gasteiger partial charge on any atom is -0.508 e. The van der Waals surface area contributed by atoms with Gasteiger partial charge in [0.1, 0.15) is 23.9 Å². The number of rotatable bonds is 3. The molecular formula is C17H18FNO2. The molecule has 1 unspecified atom stereocenters. The second kappa shape index (κ2) is 5.37. The molecule has 0 aromatic heterocycles. The third-order valence-corrected chi connectivity index (χ3v) is 3.83. The lowest BCUT2D eigenvalue weighted by Gasteiger charge is -2.13. The SMILES string of the molecule is Cc1cc(CNC2COc3cc(O)ccc32)cc(C)c1F. The highest BCUT2D eigenvalue weighted by atomic mass is 19.1. The predicted molar refractivity (Wildman–Crippen MR) is 79.1 cm³/mol. The average molecular weight is 287 g/mol. The third kappa shape index (κ3) is 2.72. The molecular weight excluding hydrogens is 269 g/mol. The van der Waals surface area contributed by atoms with Crippen molar-refractivity contribution in [3.63, 3.8) is 0 Å². The van der Waals surface area contributed by atoms with E-state index in [-0.39, 0.29) is 17.6 Å². The molecule has 0 spiro atoms. The molecule has 21 heavy (non-hydrogen) atoms. The fourth-order valence-corrected chi connectivity index (χ4v) is 2.75. The van der Waals surface area contributed by atoms with E-state index in [4.69, 9.17) is 4.74 Å². The van der Waals surface area contributed by atoms with Gasteiger partial charge in [-0.1, -0.05) is 12.1 Å². The van der Waals surface area contributed by atoms with Crippen LogP contribution in [0.5, 0.6) is 11.5 Å². The van der Waals surface area contributed by atoms with Crippen molar-refractivity contribution >= 4 is 0 Å². The van der Waals surface area contributed by atoms with Crippen LogP contribution in [0.3, 0.4) is 0 Å². The predicted octanol–water partition coefficient (Wildman–Crippen LogP) is 3.37. The Balaban J connectivity index is 1.73. The molecule has 1 atom stereocenters. The molecule has 0 fully saturated rings. The zero-order valence-electron chi connectivity index (χ0n) is 12.1. The molecule has 4 heteroatoms. The van der Waals surface area contributed by atoms with E-state index in [1.165, 1.54) is 0 Å². The van der Waals surface area contributed by atoms with Crippen LogP contribution in [0.25, 0.3) is 0 Å². The Hall–Kier alpha value is -2.07. The Kier molecular flexibility index (Phi) is 3.55. The van der Waals surface area contributed by atoms with Crippen molar-refractivity contribution in [2.75, 3.05) is 6.61 Å². The summed E-state index contributed by atoms with van der Waals surface area (Å²) >= 11 is 0. The molecule has 2 N–H and O–H groups in total. The molecule has 1 heterocycles. The maximum atomic E-state index is 13.6. The number of fused-ring (bicyclic) bond motifs is 1. The first-order chi connectivity index (χ1) is 10.0. The first-order valence-electron chi connectivity index (χ1n) is 6.99. The van der Waals surface area contributed by atoms with Gasteiger partial charge >= 0.3 is 0 Å². The van der Waals surface area contributed by atoms with E-state index >= 15 is 0 Å². The Morgan fingerprint density at radius 2 is 1.95 bits per heavy atom. The number of halogens is 1. The number of aromatic hydroxyl groups is 1. The van der Waals surface area contributed by atoms with Crippen LogP contribution in [0, 0.1) is 19.7 Å². The third-order valence-electron chi connectivity index (χ3n) is 3.83. The van der Waals surface area contributed by atoms with Crippen molar-refractivity contribution in [2.45, 2.75) is 26.4 Å². The molecule has 0 bridgehead atoms. The lowest BCUT2D eigenvalue weighted by molar-refractivity contribution is 0.309. The van der Waals surface area contributed by atoms with E-state index < -0.39 is 0 Å². The normalized spacial score (nSPS) is 16.6. The van der Waals surface area contributed by atoms with Crippen LogP contribution >= 0.6 is 0 Å². The second-order valence-electron chi connectivity index (χ2n) is 5.51. The monoisotopic (exact) mass is 287 g/mol. The van der Waals surface area contributed by atoms with Crippen molar-refractivity contribution in [1.82, 2.24) is 5.32 Å². The molecule has 0 saturated heterocycles. The standard InChI is InChI=1S/C17H18FNO2/c1-10-5-12(6-11(2)17(10)18)8-19-15-9-21-16-7-13(20)3-4-14(15)16/h3-7,15,19-20H,8-9H2,1-2H3. The van der Waals surface area contributed by atoms with Crippen LogP contribution in [0.1, 0.15) is 28.3 Å². The summed E-state index contributed by atoms with van der Waals surface area (Å²) in [5, 5.41) is 12.9. The van der Waals surface area contributed by atoms with Gasteiger partial charge in [0.15, 0.2) is 0 Å². The smallest absolute Gasteiger partial charge is 0.129 e. The number of hydrogen-bond acceptors (Lipinski definition) is 3. The summed E-state index contributed by atoms with van der Waals surface area (Å²) in [5.41, 5.74) is 3.43. The maximum Gasteiger partial charge on any atom is 0.129 e. The van der Waals surface area contributed by atoms with Gasteiger partial charge in [0.25, 0.3) is 0 Å². The number of hydrogen-bond donors (Lipinski definition) is 2. The van der Waals surface area contributed by atoms with Crippen LogP contribution in [0.2, 0.25) is 0 Å². The zero-order chi connectivity index (χ0) is 15.0. The van der Waals surface area contributed by atoms with Crippen molar-refractivity contribution in [3.05, 3.63) is 58.4 Å².